The molecule has 4 rings (SSSR count). The maximum absolute atomic E-state index is 2.32. The minimum Gasteiger partial charge on any atom is -0.342 e. The lowest BCUT2D eigenvalue weighted by molar-refractivity contribution is 1.12. The maximum atomic E-state index is 2.32. The largest absolute Gasteiger partial charge is 0.342 e. The Morgan fingerprint density at radius 3 is 2.65 bits per heavy atom. The van der Waals surface area contributed by atoms with E-state index >= 15 is 0 Å². The highest BCUT2D eigenvalue weighted by molar-refractivity contribution is 7.99. The van der Waals surface area contributed by atoms with E-state index < -0.39 is 0 Å². The second-order valence-corrected chi connectivity index (χ2v) is 6.35. The van der Waals surface area contributed by atoms with E-state index in [0.29, 0.717) is 0 Å². The number of rotatable bonds is 0. The van der Waals surface area contributed by atoms with E-state index in [1.54, 1.807) is 0 Å². The molecule has 1 nitrogen and oxygen atoms in total. The van der Waals surface area contributed by atoms with Crippen molar-refractivity contribution in [3.8, 4) is 0 Å². The molecule has 20 heavy (non-hydrogen) atoms. The van der Waals surface area contributed by atoms with Crippen LogP contribution >= 0.6 is 11.8 Å². The molecule has 0 aromatic heterocycles. The third-order valence-corrected chi connectivity index (χ3v) is 4.99. The van der Waals surface area contributed by atoms with Gasteiger partial charge in [-0.2, -0.15) is 0 Å². The van der Waals surface area contributed by atoms with Crippen LogP contribution in [0.4, 0.5) is 11.4 Å². The van der Waals surface area contributed by atoms with Gasteiger partial charge in [0.2, 0.25) is 0 Å². The number of fused-ring (bicyclic) bond motifs is 4. The van der Waals surface area contributed by atoms with Gasteiger partial charge < -0.3 is 4.90 Å². The summed E-state index contributed by atoms with van der Waals surface area (Å²) >= 11 is 1.87. The molecular weight excluding hydrogens is 262 g/mol. The molecule has 0 saturated heterocycles. The van der Waals surface area contributed by atoms with Gasteiger partial charge in [0.25, 0.3) is 0 Å². The first-order valence-electron chi connectivity index (χ1n) is 6.78. The Kier molecular flexibility index (Phi) is 2.54. The Labute approximate surface area is 123 Å². The smallest absolute Gasteiger partial charge is 0.0629 e. The average Bonchev–Trinajstić information content (AvgIpc) is 2.46. The molecule has 3 aromatic carbocycles. The number of aryl methyl sites for hydroxylation is 1. The van der Waals surface area contributed by atoms with Crippen LogP contribution in [0.3, 0.4) is 0 Å². The van der Waals surface area contributed by atoms with Crippen LogP contribution in [-0.2, 0) is 0 Å². The van der Waals surface area contributed by atoms with Gasteiger partial charge >= 0.3 is 0 Å². The van der Waals surface area contributed by atoms with Crippen LogP contribution in [0.5, 0.6) is 0 Å². The first-order valence-corrected chi connectivity index (χ1v) is 7.60. The molecule has 0 atom stereocenters. The van der Waals surface area contributed by atoms with Crippen LogP contribution in [0.15, 0.2) is 64.4 Å². The summed E-state index contributed by atoms with van der Waals surface area (Å²) in [4.78, 5) is 5.00. The van der Waals surface area contributed by atoms with E-state index in [-0.39, 0.29) is 0 Å². The average molecular weight is 277 g/mol. The maximum Gasteiger partial charge on any atom is 0.0629 e. The fourth-order valence-corrected chi connectivity index (χ4v) is 4.15. The number of anilines is 2. The molecule has 0 bridgehead atoms. The van der Waals surface area contributed by atoms with Crippen LogP contribution < -0.4 is 4.90 Å². The lowest BCUT2D eigenvalue weighted by atomic mass is 10.1. The minimum absolute atomic E-state index is 1.30. The van der Waals surface area contributed by atoms with Gasteiger partial charge in [-0.05, 0) is 36.1 Å². The number of hydrogen-bond donors (Lipinski definition) is 0. The van der Waals surface area contributed by atoms with Crippen molar-refractivity contribution in [1.29, 1.82) is 0 Å². The second-order valence-electron chi connectivity index (χ2n) is 5.27. The third kappa shape index (κ3) is 1.65. The molecule has 0 fully saturated rings. The summed E-state index contributed by atoms with van der Waals surface area (Å²) in [6.45, 7) is 2.15. The van der Waals surface area contributed by atoms with Gasteiger partial charge in [0.05, 0.1) is 11.4 Å². The molecular formula is C18H15NS. The zero-order valence-corrected chi connectivity index (χ0v) is 12.4. The zero-order valence-electron chi connectivity index (χ0n) is 11.6. The van der Waals surface area contributed by atoms with Gasteiger partial charge in [0, 0.05) is 22.2 Å². The van der Waals surface area contributed by atoms with Gasteiger partial charge in [0.15, 0.2) is 0 Å². The standard InChI is InChI=1S/C18H15NS/c1-12-7-9-15-17(11-12)20-16-10-8-13-5-3-4-6-14(13)18(16)19(15)2/h3-11H,1-2H3. The molecule has 3 aromatic rings. The molecule has 1 heterocycles. The van der Waals surface area contributed by atoms with Crippen molar-refractivity contribution in [2.75, 3.05) is 11.9 Å². The van der Waals surface area contributed by atoms with Crippen molar-refractivity contribution in [3.63, 3.8) is 0 Å². The van der Waals surface area contributed by atoms with Crippen LogP contribution in [0.1, 0.15) is 5.56 Å². The van der Waals surface area contributed by atoms with Gasteiger partial charge in [-0.15, -0.1) is 0 Å². The lowest BCUT2D eigenvalue weighted by Crippen LogP contribution is -2.15. The van der Waals surface area contributed by atoms with E-state index in [9.17, 15) is 0 Å². The van der Waals surface area contributed by atoms with Crippen molar-refractivity contribution in [2.24, 2.45) is 0 Å². The molecule has 98 valence electrons. The van der Waals surface area contributed by atoms with Gasteiger partial charge in [0.1, 0.15) is 0 Å². The highest BCUT2D eigenvalue weighted by atomic mass is 32.2. The predicted octanol–water partition coefficient (Wildman–Crippen LogP) is 5.38. The quantitative estimate of drug-likeness (QED) is 0.542. The first kappa shape index (κ1) is 11.9. The predicted molar refractivity (Wildman–Crippen MR) is 87.3 cm³/mol. The SMILES string of the molecule is Cc1ccc2c(c1)Sc1ccc3ccccc3c1N2C. The van der Waals surface area contributed by atoms with E-state index in [0.717, 1.165) is 0 Å². The Hall–Kier alpha value is -1.93. The fraction of sp³-hybridized carbons (Fsp3) is 0.111. The van der Waals surface area contributed by atoms with E-state index in [2.05, 4.69) is 73.5 Å². The Balaban J connectivity index is 2.01. The third-order valence-electron chi connectivity index (χ3n) is 3.90. The summed E-state index contributed by atoms with van der Waals surface area (Å²) < 4.78 is 0. The second kappa shape index (κ2) is 4.29. The topological polar surface area (TPSA) is 3.24 Å². The van der Waals surface area contributed by atoms with Crippen LogP contribution in [-0.4, -0.2) is 7.05 Å². The van der Waals surface area contributed by atoms with Crippen molar-refractivity contribution in [1.82, 2.24) is 0 Å². The summed E-state index contributed by atoms with van der Waals surface area (Å²) in [6.07, 6.45) is 0. The van der Waals surface area contributed by atoms with Gasteiger partial charge in [-0.1, -0.05) is 48.2 Å². The molecule has 0 unspecified atom stereocenters. The van der Waals surface area contributed by atoms with Crippen molar-refractivity contribution in [2.45, 2.75) is 16.7 Å². The number of hydrogen-bond acceptors (Lipinski definition) is 2. The van der Waals surface area contributed by atoms with Crippen LogP contribution in [0, 0.1) is 6.92 Å². The van der Waals surface area contributed by atoms with Gasteiger partial charge in [-0.3, -0.25) is 0 Å². The normalized spacial score (nSPS) is 13.2. The Morgan fingerprint density at radius 2 is 1.75 bits per heavy atom. The van der Waals surface area contributed by atoms with Crippen LogP contribution in [0.25, 0.3) is 10.8 Å². The van der Waals surface area contributed by atoms with E-state index in [1.165, 1.54) is 37.5 Å². The van der Waals surface area contributed by atoms with Gasteiger partial charge in [-0.25, -0.2) is 0 Å². The van der Waals surface area contributed by atoms with Crippen LogP contribution in [0.2, 0.25) is 0 Å². The van der Waals surface area contributed by atoms with Crippen molar-refractivity contribution >= 4 is 33.9 Å². The highest BCUT2D eigenvalue weighted by Gasteiger charge is 2.22. The summed E-state index contributed by atoms with van der Waals surface area (Å²) in [5.41, 5.74) is 3.93. The molecule has 0 saturated carbocycles. The first-order chi connectivity index (χ1) is 9.74. The van der Waals surface area contributed by atoms with E-state index in [1.807, 2.05) is 11.8 Å². The molecule has 0 amide bonds. The molecule has 1 aliphatic heterocycles. The summed E-state index contributed by atoms with van der Waals surface area (Å²) in [5.74, 6) is 0. The molecule has 2 heteroatoms. The highest BCUT2D eigenvalue weighted by Crippen LogP contribution is 2.50. The molecule has 0 N–H and O–H groups in total. The number of nitrogens with zero attached hydrogens (tertiary/aromatic N) is 1. The zero-order chi connectivity index (χ0) is 13.7. The molecule has 1 aliphatic rings. The van der Waals surface area contributed by atoms with Crippen molar-refractivity contribution in [3.05, 3.63) is 60.2 Å². The molecule has 0 spiro atoms. The summed E-state index contributed by atoms with van der Waals surface area (Å²) in [6, 6.07) is 19.7. The molecule has 0 aliphatic carbocycles. The number of benzene rings is 3. The molecule has 0 radical (unpaired) electrons. The fourth-order valence-electron chi connectivity index (χ4n) is 2.88. The van der Waals surface area contributed by atoms with E-state index in [4.69, 9.17) is 0 Å². The summed E-state index contributed by atoms with van der Waals surface area (Å²) in [5, 5.41) is 2.63. The Bertz CT molecular complexity index is 823. The lowest BCUT2D eigenvalue weighted by Gasteiger charge is -2.31. The monoisotopic (exact) mass is 277 g/mol. The van der Waals surface area contributed by atoms with Crippen molar-refractivity contribution < 1.29 is 0 Å². The Morgan fingerprint density at radius 1 is 0.900 bits per heavy atom. The minimum atomic E-state index is 1.30. The summed E-state index contributed by atoms with van der Waals surface area (Å²) in [7, 11) is 2.17.